The van der Waals surface area contributed by atoms with E-state index in [1.165, 1.54) is 12.1 Å². The van der Waals surface area contributed by atoms with Crippen LogP contribution in [0.25, 0.3) is 0 Å². The molecule has 2 amide bonds. The lowest BCUT2D eigenvalue weighted by atomic mass is 10.1. The number of nitrogens with one attached hydrogen (secondary N) is 2. The van der Waals surface area contributed by atoms with Gasteiger partial charge < -0.3 is 15.4 Å². The first-order valence-corrected chi connectivity index (χ1v) is 9.20. The SMILES string of the molecule is N#Cc1ccccc1COc1cccc(C(=O)NCC(=O)Nc2ccc(F)c(F)c2)c1. The Kier molecular flexibility index (Phi) is 6.91. The topological polar surface area (TPSA) is 91.2 Å². The van der Waals surface area contributed by atoms with Gasteiger partial charge in [-0.05, 0) is 36.4 Å². The number of hydrogen-bond donors (Lipinski definition) is 2. The fraction of sp³-hybridized carbons (Fsp3) is 0.0870. The van der Waals surface area contributed by atoms with Crippen molar-refractivity contribution in [2.45, 2.75) is 6.61 Å². The molecule has 3 aromatic rings. The van der Waals surface area contributed by atoms with E-state index in [-0.39, 0.29) is 24.4 Å². The van der Waals surface area contributed by atoms with E-state index in [2.05, 4.69) is 16.7 Å². The summed E-state index contributed by atoms with van der Waals surface area (Å²) in [5.74, 6) is -2.80. The number of anilines is 1. The number of nitrogens with zero attached hydrogens (tertiary/aromatic N) is 1. The number of amides is 2. The first kappa shape index (κ1) is 21.5. The molecular weight excluding hydrogens is 404 g/mol. The van der Waals surface area contributed by atoms with Gasteiger partial charge in [0, 0.05) is 22.9 Å². The van der Waals surface area contributed by atoms with Gasteiger partial charge in [-0.1, -0.05) is 24.3 Å². The van der Waals surface area contributed by atoms with Gasteiger partial charge in [0.05, 0.1) is 18.2 Å². The van der Waals surface area contributed by atoms with Crippen LogP contribution in [-0.4, -0.2) is 18.4 Å². The fourth-order valence-corrected chi connectivity index (χ4v) is 2.69. The highest BCUT2D eigenvalue weighted by atomic mass is 19.2. The molecule has 31 heavy (non-hydrogen) atoms. The quantitative estimate of drug-likeness (QED) is 0.607. The second-order valence-electron chi connectivity index (χ2n) is 6.45. The third-order valence-corrected chi connectivity index (χ3v) is 4.24. The molecule has 0 saturated heterocycles. The van der Waals surface area contributed by atoms with E-state index in [4.69, 9.17) is 10.00 Å². The molecule has 3 aromatic carbocycles. The van der Waals surface area contributed by atoms with Gasteiger partial charge in [-0.2, -0.15) is 5.26 Å². The maximum Gasteiger partial charge on any atom is 0.251 e. The summed E-state index contributed by atoms with van der Waals surface area (Å²) in [4.78, 5) is 24.3. The van der Waals surface area contributed by atoms with Gasteiger partial charge in [-0.3, -0.25) is 9.59 Å². The molecule has 0 saturated carbocycles. The van der Waals surface area contributed by atoms with Crippen molar-refractivity contribution >= 4 is 17.5 Å². The Morgan fingerprint density at radius 3 is 2.55 bits per heavy atom. The van der Waals surface area contributed by atoms with Gasteiger partial charge >= 0.3 is 0 Å². The van der Waals surface area contributed by atoms with Gasteiger partial charge in [-0.25, -0.2) is 8.78 Å². The Morgan fingerprint density at radius 1 is 0.968 bits per heavy atom. The molecule has 156 valence electrons. The van der Waals surface area contributed by atoms with Crippen LogP contribution in [0.3, 0.4) is 0 Å². The summed E-state index contributed by atoms with van der Waals surface area (Å²) >= 11 is 0. The van der Waals surface area contributed by atoms with Crippen molar-refractivity contribution in [3.8, 4) is 11.8 Å². The largest absolute Gasteiger partial charge is 0.489 e. The maximum absolute atomic E-state index is 13.2. The summed E-state index contributed by atoms with van der Waals surface area (Å²) in [6.07, 6.45) is 0. The predicted octanol–water partition coefficient (Wildman–Crippen LogP) is 3.78. The van der Waals surface area contributed by atoms with Crippen LogP contribution in [0.15, 0.2) is 66.7 Å². The lowest BCUT2D eigenvalue weighted by molar-refractivity contribution is -0.115. The molecule has 6 nitrogen and oxygen atoms in total. The van der Waals surface area contributed by atoms with Crippen LogP contribution >= 0.6 is 0 Å². The second kappa shape index (κ2) is 9.98. The lowest BCUT2D eigenvalue weighted by Crippen LogP contribution is -2.32. The van der Waals surface area contributed by atoms with Crippen LogP contribution in [-0.2, 0) is 11.4 Å². The molecule has 0 aromatic heterocycles. The average Bonchev–Trinajstić information content (AvgIpc) is 2.79. The summed E-state index contributed by atoms with van der Waals surface area (Å²) in [5, 5.41) is 13.9. The standard InChI is InChI=1S/C23H17F2N3O3/c24-20-9-8-18(11-21(20)25)28-22(29)13-27-23(30)15-6-3-7-19(10-15)31-14-17-5-2-1-4-16(17)12-26/h1-11H,13-14H2,(H,27,30)(H,28,29). The number of hydrogen-bond acceptors (Lipinski definition) is 4. The summed E-state index contributed by atoms with van der Waals surface area (Å²) < 4.78 is 31.8. The smallest absolute Gasteiger partial charge is 0.251 e. The molecule has 0 unspecified atom stereocenters. The molecule has 0 atom stereocenters. The van der Waals surface area contributed by atoms with E-state index >= 15 is 0 Å². The van der Waals surface area contributed by atoms with Crippen molar-refractivity contribution in [1.29, 1.82) is 5.26 Å². The molecule has 0 fully saturated rings. The average molecular weight is 421 g/mol. The molecular formula is C23H17F2N3O3. The number of nitriles is 1. The van der Waals surface area contributed by atoms with Gasteiger partial charge in [0.2, 0.25) is 5.91 Å². The Balaban J connectivity index is 1.55. The first-order valence-electron chi connectivity index (χ1n) is 9.20. The van der Waals surface area contributed by atoms with E-state index < -0.39 is 23.4 Å². The molecule has 0 bridgehead atoms. The van der Waals surface area contributed by atoms with Crippen molar-refractivity contribution in [3.63, 3.8) is 0 Å². The van der Waals surface area contributed by atoms with Gasteiger partial charge in [-0.15, -0.1) is 0 Å². The van der Waals surface area contributed by atoms with Crippen LogP contribution in [0.4, 0.5) is 14.5 Å². The summed E-state index contributed by atoms with van der Waals surface area (Å²) in [5.41, 5.74) is 1.56. The number of rotatable bonds is 7. The molecule has 3 rings (SSSR count). The van der Waals surface area contributed by atoms with Crippen molar-refractivity contribution in [1.82, 2.24) is 5.32 Å². The van der Waals surface area contributed by atoms with Crippen molar-refractivity contribution in [2.24, 2.45) is 0 Å². The fourth-order valence-electron chi connectivity index (χ4n) is 2.69. The van der Waals surface area contributed by atoms with E-state index in [1.54, 1.807) is 42.5 Å². The molecule has 0 radical (unpaired) electrons. The highest BCUT2D eigenvalue weighted by Gasteiger charge is 2.11. The zero-order valence-electron chi connectivity index (χ0n) is 16.2. The Hall–Kier alpha value is -4.25. The van der Waals surface area contributed by atoms with E-state index in [1.807, 2.05) is 0 Å². The zero-order chi connectivity index (χ0) is 22.2. The first-order chi connectivity index (χ1) is 15.0. The summed E-state index contributed by atoms with van der Waals surface area (Å²) in [6, 6.07) is 18.4. The summed E-state index contributed by atoms with van der Waals surface area (Å²) in [7, 11) is 0. The normalized spacial score (nSPS) is 10.1. The predicted molar refractivity (Wildman–Crippen MR) is 109 cm³/mol. The minimum absolute atomic E-state index is 0.0752. The van der Waals surface area contributed by atoms with Crippen LogP contribution in [0, 0.1) is 23.0 Å². The number of benzene rings is 3. The van der Waals surface area contributed by atoms with Gasteiger partial charge in [0.15, 0.2) is 11.6 Å². The Morgan fingerprint density at radius 2 is 1.77 bits per heavy atom. The Labute approximate surface area is 177 Å². The maximum atomic E-state index is 13.2. The van der Waals surface area contributed by atoms with Gasteiger partial charge in [0.1, 0.15) is 12.4 Å². The van der Waals surface area contributed by atoms with E-state index in [9.17, 15) is 18.4 Å². The van der Waals surface area contributed by atoms with Crippen LogP contribution in [0.2, 0.25) is 0 Å². The molecule has 0 heterocycles. The van der Waals surface area contributed by atoms with E-state index in [0.29, 0.717) is 16.9 Å². The van der Waals surface area contributed by atoms with Gasteiger partial charge in [0.25, 0.3) is 5.91 Å². The number of carbonyl (C=O) groups is 2. The number of carbonyl (C=O) groups excluding carboxylic acids is 2. The van der Waals surface area contributed by atoms with E-state index in [0.717, 1.165) is 12.1 Å². The highest BCUT2D eigenvalue weighted by Crippen LogP contribution is 2.17. The molecule has 0 spiro atoms. The lowest BCUT2D eigenvalue weighted by Gasteiger charge is -2.10. The number of ether oxygens (including phenoxy) is 1. The minimum atomic E-state index is -1.09. The van der Waals surface area contributed by atoms with Crippen LogP contribution < -0.4 is 15.4 Å². The van der Waals surface area contributed by atoms with Crippen molar-refractivity contribution < 1.29 is 23.1 Å². The molecule has 0 aliphatic heterocycles. The van der Waals surface area contributed by atoms with Crippen LogP contribution in [0.1, 0.15) is 21.5 Å². The third-order valence-electron chi connectivity index (χ3n) is 4.24. The number of halogens is 2. The molecule has 0 aliphatic rings. The minimum Gasteiger partial charge on any atom is -0.489 e. The summed E-state index contributed by atoms with van der Waals surface area (Å²) in [6.45, 7) is -0.204. The zero-order valence-corrected chi connectivity index (χ0v) is 16.2. The third kappa shape index (κ3) is 5.87. The van der Waals surface area contributed by atoms with Crippen molar-refractivity contribution in [3.05, 3.63) is 95.1 Å². The molecule has 8 heteroatoms. The van der Waals surface area contributed by atoms with Crippen LogP contribution in [0.5, 0.6) is 5.75 Å². The van der Waals surface area contributed by atoms with Crippen molar-refractivity contribution in [2.75, 3.05) is 11.9 Å². The molecule has 0 aliphatic carbocycles. The highest BCUT2D eigenvalue weighted by molar-refractivity contribution is 5.99. The second-order valence-corrected chi connectivity index (χ2v) is 6.45. The molecule has 2 N–H and O–H groups in total. The Bertz CT molecular complexity index is 1160. The monoisotopic (exact) mass is 421 g/mol.